The van der Waals surface area contributed by atoms with E-state index >= 15 is 0 Å². The number of benzene rings is 1. The van der Waals surface area contributed by atoms with Gasteiger partial charge >= 0.3 is 6.03 Å². The second kappa shape index (κ2) is 8.82. The zero-order valence-corrected chi connectivity index (χ0v) is 14.4. The predicted molar refractivity (Wildman–Crippen MR) is 94.5 cm³/mol. The third-order valence-electron chi connectivity index (χ3n) is 3.99. The molecule has 126 valence electrons. The van der Waals surface area contributed by atoms with Crippen LogP contribution in [0.2, 0.25) is 0 Å². The molecule has 1 heterocycles. The predicted octanol–water partition coefficient (Wildman–Crippen LogP) is 2.60. The Morgan fingerprint density at radius 1 is 1.30 bits per heavy atom. The van der Waals surface area contributed by atoms with Crippen molar-refractivity contribution in [3.8, 4) is 0 Å². The summed E-state index contributed by atoms with van der Waals surface area (Å²) in [5.41, 5.74) is 6.69. The fraction of sp³-hybridized carbons (Fsp3) is 0.529. The molecule has 3 N–H and O–H groups in total. The summed E-state index contributed by atoms with van der Waals surface area (Å²) in [5.74, 6) is 1.19. The lowest BCUT2D eigenvalue weighted by atomic mass is 10.1. The van der Waals surface area contributed by atoms with E-state index in [2.05, 4.69) is 12.2 Å². The maximum absolute atomic E-state index is 12.7. The summed E-state index contributed by atoms with van der Waals surface area (Å²) in [5, 5.41) is 3.09. The molecular weight excluding hydrogens is 310 g/mol. The van der Waals surface area contributed by atoms with Crippen LogP contribution >= 0.6 is 11.8 Å². The van der Waals surface area contributed by atoms with Crippen LogP contribution in [-0.4, -0.2) is 40.9 Å². The number of carbonyl (C=O) groups is 2. The summed E-state index contributed by atoms with van der Waals surface area (Å²) in [6, 6.07) is 6.83. The van der Waals surface area contributed by atoms with Crippen molar-refractivity contribution in [1.82, 2.24) is 10.2 Å². The molecule has 1 aliphatic heterocycles. The molecule has 5 nitrogen and oxygen atoms in total. The Morgan fingerprint density at radius 3 is 2.70 bits per heavy atom. The number of primary amides is 1. The summed E-state index contributed by atoms with van der Waals surface area (Å²) < 4.78 is 0. The van der Waals surface area contributed by atoms with Gasteiger partial charge in [0, 0.05) is 30.4 Å². The molecule has 23 heavy (non-hydrogen) atoms. The Bertz CT molecular complexity index is 533. The molecule has 1 atom stereocenters. The number of thioether (sulfide) groups is 1. The lowest BCUT2D eigenvalue weighted by Gasteiger charge is -2.24. The fourth-order valence-corrected chi connectivity index (χ4v) is 3.89. The molecule has 0 radical (unpaired) electrons. The fourth-order valence-electron chi connectivity index (χ4n) is 2.80. The van der Waals surface area contributed by atoms with E-state index in [1.807, 2.05) is 40.9 Å². The number of likely N-dealkylation sites (tertiary alicyclic amines) is 1. The Labute approximate surface area is 142 Å². The molecule has 0 spiro atoms. The highest BCUT2D eigenvalue weighted by Gasteiger charge is 2.22. The number of rotatable bonds is 5. The van der Waals surface area contributed by atoms with Crippen LogP contribution < -0.4 is 11.1 Å². The maximum Gasteiger partial charge on any atom is 0.312 e. The van der Waals surface area contributed by atoms with Crippen molar-refractivity contribution >= 4 is 23.7 Å². The molecule has 1 aromatic carbocycles. The minimum atomic E-state index is -0.547. The van der Waals surface area contributed by atoms with Crippen LogP contribution in [0.25, 0.3) is 0 Å². The molecule has 0 aliphatic carbocycles. The number of urea groups is 1. The number of nitrogens with zero attached hydrogens (tertiary/aromatic N) is 1. The Morgan fingerprint density at radius 2 is 2.04 bits per heavy atom. The van der Waals surface area contributed by atoms with Gasteiger partial charge in [-0.1, -0.05) is 25.5 Å². The summed E-state index contributed by atoms with van der Waals surface area (Å²) in [6.45, 7) is 4.22. The molecular formula is C17H25N3O2S. The number of hydrogen-bond donors (Lipinski definition) is 2. The van der Waals surface area contributed by atoms with Gasteiger partial charge in [0.1, 0.15) is 0 Å². The summed E-state index contributed by atoms with van der Waals surface area (Å²) in [4.78, 5) is 25.4. The van der Waals surface area contributed by atoms with Crippen LogP contribution in [0.3, 0.4) is 0 Å². The first-order valence-corrected chi connectivity index (χ1v) is 9.18. The molecule has 0 bridgehead atoms. The molecule has 6 heteroatoms. The van der Waals surface area contributed by atoms with Gasteiger partial charge < -0.3 is 16.0 Å². The highest BCUT2D eigenvalue weighted by molar-refractivity contribution is 7.99. The number of nitrogens with one attached hydrogen (secondary N) is 1. The lowest BCUT2D eigenvalue weighted by Crippen LogP contribution is -2.35. The second-order valence-corrected chi connectivity index (χ2v) is 7.32. The van der Waals surface area contributed by atoms with Gasteiger partial charge in [-0.3, -0.25) is 4.79 Å². The van der Waals surface area contributed by atoms with Crippen LogP contribution in [0.1, 0.15) is 42.1 Å². The number of nitrogens with two attached hydrogens (primary N) is 1. The number of amides is 3. The van der Waals surface area contributed by atoms with Crippen molar-refractivity contribution in [3.63, 3.8) is 0 Å². The maximum atomic E-state index is 12.7. The zero-order chi connectivity index (χ0) is 16.7. The first kappa shape index (κ1) is 17.7. The molecule has 0 aromatic heterocycles. The molecule has 0 unspecified atom stereocenters. The van der Waals surface area contributed by atoms with E-state index in [9.17, 15) is 9.59 Å². The van der Waals surface area contributed by atoms with E-state index in [1.54, 1.807) is 0 Å². The van der Waals surface area contributed by atoms with Crippen LogP contribution in [0.4, 0.5) is 4.79 Å². The van der Waals surface area contributed by atoms with Gasteiger partial charge in [0.25, 0.3) is 5.91 Å². The molecule has 1 saturated heterocycles. The van der Waals surface area contributed by atoms with Crippen LogP contribution in [0.5, 0.6) is 0 Å². The molecule has 0 saturated carbocycles. The van der Waals surface area contributed by atoms with Gasteiger partial charge in [-0.15, -0.1) is 0 Å². The van der Waals surface area contributed by atoms with Gasteiger partial charge in [0.2, 0.25) is 0 Å². The van der Waals surface area contributed by atoms with Crippen molar-refractivity contribution in [2.75, 3.05) is 18.8 Å². The first-order valence-electron chi connectivity index (χ1n) is 8.13. The summed E-state index contributed by atoms with van der Waals surface area (Å²) >= 11 is 1.95. The number of carbonyl (C=O) groups excluding carboxylic acids is 2. The monoisotopic (exact) mass is 335 g/mol. The second-order valence-electron chi connectivity index (χ2n) is 5.74. The van der Waals surface area contributed by atoms with Crippen molar-refractivity contribution in [2.24, 2.45) is 5.73 Å². The zero-order valence-electron chi connectivity index (χ0n) is 13.6. The van der Waals surface area contributed by atoms with E-state index < -0.39 is 6.03 Å². The first-order chi connectivity index (χ1) is 11.1. The SMILES string of the molecule is CCS[C@H]1CCCCN(C(=O)c2ccc(CNC(N)=O)cc2)C1. The standard InChI is InChI=1S/C17H25N3O2S/c1-2-23-15-5-3-4-10-20(12-15)16(21)14-8-6-13(7-9-14)11-19-17(18)22/h6-9,15H,2-5,10-12H2,1H3,(H3,18,19,22)/t15-/m0/s1. The quantitative estimate of drug-likeness (QED) is 0.868. The molecule has 1 aromatic rings. The van der Waals surface area contributed by atoms with Crippen molar-refractivity contribution in [3.05, 3.63) is 35.4 Å². The topological polar surface area (TPSA) is 75.4 Å². The minimum Gasteiger partial charge on any atom is -0.352 e. The Balaban J connectivity index is 1.99. The third-order valence-corrected chi connectivity index (χ3v) is 5.17. The van der Waals surface area contributed by atoms with Gasteiger partial charge in [0.05, 0.1) is 0 Å². The van der Waals surface area contributed by atoms with Gasteiger partial charge in [-0.25, -0.2) is 4.79 Å². The lowest BCUT2D eigenvalue weighted by molar-refractivity contribution is 0.0763. The average Bonchev–Trinajstić information content (AvgIpc) is 2.79. The Hall–Kier alpha value is -1.69. The summed E-state index contributed by atoms with van der Waals surface area (Å²) in [6.07, 6.45) is 3.46. The van der Waals surface area contributed by atoms with Crippen molar-refractivity contribution in [2.45, 2.75) is 38.0 Å². The van der Waals surface area contributed by atoms with E-state index in [-0.39, 0.29) is 5.91 Å². The third kappa shape index (κ3) is 5.46. The Kier molecular flexibility index (Phi) is 6.77. The largest absolute Gasteiger partial charge is 0.352 e. The highest BCUT2D eigenvalue weighted by Crippen LogP contribution is 2.23. The van der Waals surface area contributed by atoms with Gasteiger partial charge in [-0.2, -0.15) is 11.8 Å². The number of hydrogen-bond acceptors (Lipinski definition) is 3. The molecule has 3 amide bonds. The normalized spacial score (nSPS) is 18.3. The van der Waals surface area contributed by atoms with E-state index in [4.69, 9.17) is 5.73 Å². The van der Waals surface area contributed by atoms with Gasteiger partial charge in [0.15, 0.2) is 0 Å². The van der Waals surface area contributed by atoms with Crippen molar-refractivity contribution in [1.29, 1.82) is 0 Å². The van der Waals surface area contributed by atoms with E-state index in [0.29, 0.717) is 17.4 Å². The van der Waals surface area contributed by atoms with Crippen LogP contribution in [-0.2, 0) is 6.54 Å². The average molecular weight is 335 g/mol. The van der Waals surface area contributed by atoms with Crippen LogP contribution in [0, 0.1) is 0 Å². The van der Waals surface area contributed by atoms with Crippen molar-refractivity contribution < 1.29 is 9.59 Å². The molecule has 2 rings (SSSR count). The smallest absolute Gasteiger partial charge is 0.312 e. The van der Waals surface area contributed by atoms with Crippen LogP contribution in [0.15, 0.2) is 24.3 Å². The summed E-state index contributed by atoms with van der Waals surface area (Å²) in [7, 11) is 0. The molecule has 1 aliphatic rings. The van der Waals surface area contributed by atoms with Gasteiger partial charge in [-0.05, 0) is 36.3 Å². The highest BCUT2D eigenvalue weighted by atomic mass is 32.2. The van der Waals surface area contributed by atoms with E-state index in [0.717, 1.165) is 30.8 Å². The minimum absolute atomic E-state index is 0.100. The van der Waals surface area contributed by atoms with E-state index in [1.165, 1.54) is 12.8 Å². The molecule has 1 fully saturated rings.